The van der Waals surface area contributed by atoms with Crippen LogP contribution in [0.15, 0.2) is 18.2 Å². The average Bonchev–Trinajstić information content (AvgIpc) is 2.47. The fourth-order valence-electron chi connectivity index (χ4n) is 3.10. The number of hydrogen-bond acceptors (Lipinski definition) is 3. The zero-order valence-corrected chi connectivity index (χ0v) is 12.1. The fraction of sp³-hybridized carbons (Fsp3) is 0.562. The summed E-state index contributed by atoms with van der Waals surface area (Å²) >= 11 is 0. The predicted molar refractivity (Wildman–Crippen MR) is 81.1 cm³/mol. The summed E-state index contributed by atoms with van der Waals surface area (Å²) in [6.07, 6.45) is 1.48. The Balaban J connectivity index is 1.68. The molecule has 3 rings (SSSR count). The first-order chi connectivity index (χ1) is 9.72. The van der Waals surface area contributed by atoms with E-state index in [1.807, 2.05) is 0 Å². The van der Waals surface area contributed by atoms with Crippen molar-refractivity contribution in [2.75, 3.05) is 38.0 Å². The second-order valence-electron chi connectivity index (χ2n) is 5.92. The van der Waals surface area contributed by atoms with Crippen LogP contribution in [0, 0.1) is 0 Å². The molecule has 20 heavy (non-hydrogen) atoms. The zero-order chi connectivity index (χ0) is 13.9. The van der Waals surface area contributed by atoms with E-state index >= 15 is 0 Å². The van der Waals surface area contributed by atoms with E-state index in [4.69, 9.17) is 0 Å². The van der Waals surface area contributed by atoms with E-state index in [2.05, 4.69) is 40.7 Å². The molecule has 2 aliphatic heterocycles. The maximum Gasteiger partial charge on any atom is 0.224 e. The van der Waals surface area contributed by atoms with E-state index in [0.29, 0.717) is 12.3 Å². The van der Waals surface area contributed by atoms with Gasteiger partial charge in [-0.2, -0.15) is 0 Å². The lowest BCUT2D eigenvalue weighted by molar-refractivity contribution is -0.116. The molecule has 0 spiro atoms. The molecule has 1 atom stereocenters. The number of amides is 1. The Hall–Kier alpha value is -1.39. The number of benzene rings is 1. The molecule has 4 heteroatoms. The fourth-order valence-corrected chi connectivity index (χ4v) is 3.10. The molecule has 1 fully saturated rings. The Morgan fingerprint density at radius 2 is 2.05 bits per heavy atom. The largest absolute Gasteiger partial charge is 0.326 e. The van der Waals surface area contributed by atoms with Gasteiger partial charge in [0.15, 0.2) is 0 Å². The number of aryl methyl sites for hydroxylation is 1. The second-order valence-corrected chi connectivity index (χ2v) is 5.92. The van der Waals surface area contributed by atoms with Gasteiger partial charge in [0.25, 0.3) is 0 Å². The van der Waals surface area contributed by atoms with Crippen LogP contribution in [0.25, 0.3) is 0 Å². The Labute approximate surface area is 120 Å². The van der Waals surface area contributed by atoms with Crippen molar-refractivity contribution in [2.45, 2.75) is 25.7 Å². The SMILES string of the molecule is CC(CN1CCNCC1)c1ccc2c(c1)CCC(=O)N2. The molecule has 0 bridgehead atoms. The molecular formula is C16H23N3O. The third kappa shape index (κ3) is 3.02. The van der Waals surface area contributed by atoms with Crippen LogP contribution in [0.2, 0.25) is 0 Å². The van der Waals surface area contributed by atoms with Crippen molar-refractivity contribution in [2.24, 2.45) is 0 Å². The van der Waals surface area contributed by atoms with Crippen LogP contribution in [0.3, 0.4) is 0 Å². The third-order valence-corrected chi connectivity index (χ3v) is 4.34. The minimum atomic E-state index is 0.138. The summed E-state index contributed by atoms with van der Waals surface area (Å²) in [6.45, 7) is 7.90. The van der Waals surface area contributed by atoms with E-state index in [1.54, 1.807) is 0 Å². The van der Waals surface area contributed by atoms with Gasteiger partial charge in [0.05, 0.1) is 0 Å². The van der Waals surface area contributed by atoms with Crippen LogP contribution >= 0.6 is 0 Å². The predicted octanol–water partition coefficient (Wildman–Crippen LogP) is 1.58. The second kappa shape index (κ2) is 5.94. The minimum Gasteiger partial charge on any atom is -0.326 e. The van der Waals surface area contributed by atoms with Crippen LogP contribution in [0.4, 0.5) is 5.69 Å². The van der Waals surface area contributed by atoms with Crippen LogP contribution in [-0.4, -0.2) is 43.5 Å². The summed E-state index contributed by atoms with van der Waals surface area (Å²) in [5.74, 6) is 0.676. The van der Waals surface area contributed by atoms with Gasteiger partial charge in [0, 0.05) is 44.8 Å². The number of piperazine rings is 1. The molecule has 1 aromatic carbocycles. The summed E-state index contributed by atoms with van der Waals surface area (Å²) in [5, 5.41) is 6.34. The van der Waals surface area contributed by atoms with E-state index in [1.165, 1.54) is 11.1 Å². The Morgan fingerprint density at radius 3 is 2.85 bits per heavy atom. The van der Waals surface area contributed by atoms with Crippen molar-refractivity contribution in [3.05, 3.63) is 29.3 Å². The van der Waals surface area contributed by atoms with Crippen molar-refractivity contribution in [1.29, 1.82) is 0 Å². The van der Waals surface area contributed by atoms with Crippen LogP contribution in [0.1, 0.15) is 30.4 Å². The summed E-state index contributed by atoms with van der Waals surface area (Å²) in [4.78, 5) is 13.9. The number of nitrogens with zero attached hydrogens (tertiary/aromatic N) is 1. The van der Waals surface area contributed by atoms with E-state index in [9.17, 15) is 4.79 Å². The van der Waals surface area contributed by atoms with Gasteiger partial charge in [-0.3, -0.25) is 4.79 Å². The van der Waals surface area contributed by atoms with Crippen LogP contribution < -0.4 is 10.6 Å². The molecule has 2 heterocycles. The monoisotopic (exact) mass is 273 g/mol. The maximum absolute atomic E-state index is 11.4. The molecule has 0 aromatic heterocycles. The van der Waals surface area contributed by atoms with Crippen LogP contribution in [0.5, 0.6) is 0 Å². The van der Waals surface area contributed by atoms with Gasteiger partial charge < -0.3 is 15.5 Å². The number of carbonyl (C=O) groups excluding carboxylic acids is 1. The molecule has 0 radical (unpaired) electrons. The summed E-state index contributed by atoms with van der Waals surface area (Å²) in [7, 11) is 0. The highest BCUT2D eigenvalue weighted by Gasteiger charge is 2.18. The number of nitrogens with one attached hydrogen (secondary N) is 2. The highest BCUT2D eigenvalue weighted by atomic mass is 16.1. The third-order valence-electron chi connectivity index (χ3n) is 4.34. The number of anilines is 1. The Kier molecular flexibility index (Phi) is 4.03. The Bertz CT molecular complexity index is 494. The quantitative estimate of drug-likeness (QED) is 0.879. The molecule has 2 N–H and O–H groups in total. The normalized spacial score (nSPS) is 21.1. The molecule has 4 nitrogen and oxygen atoms in total. The van der Waals surface area contributed by atoms with Gasteiger partial charge in [0.1, 0.15) is 0 Å². The summed E-state index contributed by atoms with van der Waals surface area (Å²) in [6, 6.07) is 6.51. The average molecular weight is 273 g/mol. The lowest BCUT2D eigenvalue weighted by atomic mass is 9.94. The first kappa shape index (κ1) is 13.6. The summed E-state index contributed by atoms with van der Waals surface area (Å²) in [5.41, 5.74) is 3.67. The molecule has 1 unspecified atom stereocenters. The highest BCUT2D eigenvalue weighted by molar-refractivity contribution is 5.93. The lowest BCUT2D eigenvalue weighted by Gasteiger charge is -2.30. The van der Waals surface area contributed by atoms with Gasteiger partial charge in [-0.15, -0.1) is 0 Å². The molecule has 0 saturated carbocycles. The number of fused-ring (bicyclic) bond motifs is 1. The molecule has 0 aliphatic carbocycles. The zero-order valence-electron chi connectivity index (χ0n) is 12.1. The van der Waals surface area contributed by atoms with E-state index < -0.39 is 0 Å². The molecular weight excluding hydrogens is 250 g/mol. The van der Waals surface area contributed by atoms with Crippen LogP contribution in [-0.2, 0) is 11.2 Å². The maximum atomic E-state index is 11.4. The summed E-state index contributed by atoms with van der Waals surface area (Å²) < 4.78 is 0. The van der Waals surface area contributed by atoms with Gasteiger partial charge in [-0.25, -0.2) is 0 Å². The highest BCUT2D eigenvalue weighted by Crippen LogP contribution is 2.27. The smallest absolute Gasteiger partial charge is 0.224 e. The topological polar surface area (TPSA) is 44.4 Å². The number of hydrogen-bond donors (Lipinski definition) is 2. The molecule has 1 saturated heterocycles. The van der Waals surface area contributed by atoms with Crippen molar-refractivity contribution in [3.63, 3.8) is 0 Å². The van der Waals surface area contributed by atoms with Crippen molar-refractivity contribution in [1.82, 2.24) is 10.2 Å². The standard InChI is InChI=1S/C16H23N3O/c1-12(11-19-8-6-17-7-9-19)13-2-4-15-14(10-13)3-5-16(20)18-15/h2,4,10,12,17H,3,5-9,11H2,1H3,(H,18,20). The van der Waals surface area contributed by atoms with Gasteiger partial charge in [0.2, 0.25) is 5.91 Å². The van der Waals surface area contributed by atoms with E-state index in [0.717, 1.165) is 44.8 Å². The van der Waals surface area contributed by atoms with Crippen molar-refractivity contribution in [3.8, 4) is 0 Å². The molecule has 1 amide bonds. The first-order valence-electron chi connectivity index (χ1n) is 7.58. The van der Waals surface area contributed by atoms with Gasteiger partial charge in [-0.1, -0.05) is 19.1 Å². The van der Waals surface area contributed by atoms with Crippen molar-refractivity contribution < 1.29 is 4.79 Å². The van der Waals surface area contributed by atoms with Gasteiger partial charge in [-0.05, 0) is 29.5 Å². The molecule has 108 valence electrons. The molecule has 2 aliphatic rings. The minimum absolute atomic E-state index is 0.138. The van der Waals surface area contributed by atoms with E-state index in [-0.39, 0.29) is 5.91 Å². The first-order valence-corrected chi connectivity index (χ1v) is 7.58. The number of rotatable bonds is 3. The lowest BCUT2D eigenvalue weighted by Crippen LogP contribution is -2.44. The van der Waals surface area contributed by atoms with Crippen molar-refractivity contribution >= 4 is 11.6 Å². The number of carbonyl (C=O) groups is 1. The van der Waals surface area contributed by atoms with Gasteiger partial charge >= 0.3 is 0 Å². The molecule has 1 aromatic rings. The Morgan fingerprint density at radius 1 is 1.25 bits per heavy atom.